The third-order valence-electron chi connectivity index (χ3n) is 5.11. The SMILES string of the molecule is CC(=O)NC[C@@H]1OC(=O)N2c3ccc(-c4ccc(C(C)(C)O)nc4)cc3OC[C@@H]12. The number of hydrogen-bond acceptors (Lipinski definition) is 6. The largest absolute Gasteiger partial charge is 0.489 e. The summed E-state index contributed by atoms with van der Waals surface area (Å²) < 4.78 is 11.4. The zero-order valence-electron chi connectivity index (χ0n) is 16.5. The predicted octanol–water partition coefficient (Wildman–Crippen LogP) is 2.20. The number of anilines is 1. The fourth-order valence-electron chi connectivity index (χ4n) is 3.56. The van der Waals surface area contributed by atoms with Crippen LogP contribution >= 0.6 is 0 Å². The van der Waals surface area contributed by atoms with Crippen molar-refractivity contribution in [2.75, 3.05) is 18.1 Å². The molecule has 1 fully saturated rings. The molecule has 2 N–H and O–H groups in total. The average Bonchev–Trinajstić information content (AvgIpc) is 3.01. The summed E-state index contributed by atoms with van der Waals surface area (Å²) in [7, 11) is 0. The van der Waals surface area contributed by atoms with Gasteiger partial charge < -0.3 is 19.9 Å². The molecule has 0 aliphatic carbocycles. The van der Waals surface area contributed by atoms with Gasteiger partial charge in [-0.15, -0.1) is 0 Å². The van der Waals surface area contributed by atoms with Crippen molar-refractivity contribution in [3.05, 3.63) is 42.2 Å². The van der Waals surface area contributed by atoms with Gasteiger partial charge in [-0.25, -0.2) is 4.79 Å². The Hall–Kier alpha value is -3.13. The van der Waals surface area contributed by atoms with Gasteiger partial charge in [-0.2, -0.15) is 0 Å². The normalized spacial score (nSPS) is 20.4. The van der Waals surface area contributed by atoms with E-state index < -0.39 is 17.8 Å². The maximum atomic E-state index is 12.4. The van der Waals surface area contributed by atoms with Gasteiger partial charge in [0, 0.05) is 18.7 Å². The van der Waals surface area contributed by atoms with Crippen molar-refractivity contribution in [1.82, 2.24) is 10.3 Å². The first-order chi connectivity index (χ1) is 13.7. The fourth-order valence-corrected chi connectivity index (χ4v) is 3.56. The molecular weight excluding hydrogens is 374 g/mol. The quantitative estimate of drug-likeness (QED) is 0.820. The number of cyclic esters (lactones) is 1. The van der Waals surface area contributed by atoms with Crippen molar-refractivity contribution in [3.63, 3.8) is 0 Å². The molecule has 29 heavy (non-hydrogen) atoms. The average molecular weight is 397 g/mol. The van der Waals surface area contributed by atoms with Crippen molar-refractivity contribution in [3.8, 4) is 16.9 Å². The van der Waals surface area contributed by atoms with E-state index in [1.165, 1.54) is 6.92 Å². The van der Waals surface area contributed by atoms with Crippen molar-refractivity contribution in [1.29, 1.82) is 0 Å². The summed E-state index contributed by atoms with van der Waals surface area (Å²) in [5.74, 6) is 0.410. The van der Waals surface area contributed by atoms with Gasteiger partial charge in [-0.05, 0) is 37.6 Å². The number of nitrogens with zero attached hydrogens (tertiary/aromatic N) is 2. The van der Waals surface area contributed by atoms with Gasteiger partial charge in [0.05, 0.1) is 17.9 Å². The molecule has 1 saturated heterocycles. The first-order valence-corrected chi connectivity index (χ1v) is 9.44. The zero-order valence-corrected chi connectivity index (χ0v) is 16.5. The molecule has 2 aromatic rings. The Balaban J connectivity index is 1.58. The Labute approximate surface area is 168 Å². The molecule has 2 aliphatic rings. The smallest absolute Gasteiger partial charge is 0.415 e. The summed E-state index contributed by atoms with van der Waals surface area (Å²) in [6.45, 7) is 5.32. The van der Waals surface area contributed by atoms with Crippen LogP contribution in [0.25, 0.3) is 11.1 Å². The molecule has 3 heterocycles. The van der Waals surface area contributed by atoms with Crippen molar-refractivity contribution in [2.45, 2.75) is 38.5 Å². The number of aliphatic hydroxyl groups is 1. The highest BCUT2D eigenvalue weighted by Gasteiger charge is 2.46. The Kier molecular flexibility index (Phi) is 4.66. The highest BCUT2D eigenvalue weighted by atomic mass is 16.6. The standard InChI is InChI=1S/C21H23N3O5/c1-12(25)22-10-18-16-11-28-17-8-13(4-6-15(17)24(16)20(26)29-18)14-5-7-19(23-9-14)21(2,3)27/h4-9,16,18,27H,10-11H2,1-3H3,(H,22,25)/t16-,18-/m0/s1. The van der Waals surface area contributed by atoms with E-state index in [0.717, 1.165) is 11.1 Å². The number of aromatic nitrogens is 1. The molecule has 0 spiro atoms. The topological polar surface area (TPSA) is 101 Å². The van der Waals surface area contributed by atoms with E-state index in [1.54, 1.807) is 31.0 Å². The fraction of sp³-hybridized carbons (Fsp3) is 0.381. The van der Waals surface area contributed by atoms with Crippen LogP contribution in [-0.4, -0.2) is 47.4 Å². The van der Waals surface area contributed by atoms with Gasteiger partial charge in [0.15, 0.2) is 0 Å². The van der Waals surface area contributed by atoms with E-state index in [1.807, 2.05) is 24.3 Å². The van der Waals surface area contributed by atoms with Gasteiger partial charge >= 0.3 is 6.09 Å². The monoisotopic (exact) mass is 397 g/mol. The number of hydrogen-bond donors (Lipinski definition) is 2. The molecule has 0 saturated carbocycles. The second-order valence-electron chi connectivity index (χ2n) is 7.78. The molecule has 4 rings (SSSR count). The molecular formula is C21H23N3O5. The molecule has 0 bridgehead atoms. The molecule has 8 nitrogen and oxygen atoms in total. The van der Waals surface area contributed by atoms with E-state index >= 15 is 0 Å². The van der Waals surface area contributed by atoms with E-state index in [4.69, 9.17) is 9.47 Å². The second kappa shape index (κ2) is 7.04. The Bertz CT molecular complexity index is 952. The maximum Gasteiger partial charge on any atom is 0.415 e. The number of carbonyl (C=O) groups is 2. The molecule has 2 atom stereocenters. The number of pyridine rings is 1. The highest BCUT2D eigenvalue weighted by molar-refractivity contribution is 5.94. The van der Waals surface area contributed by atoms with Crippen LogP contribution < -0.4 is 15.0 Å². The van der Waals surface area contributed by atoms with Crippen LogP contribution in [0.3, 0.4) is 0 Å². The van der Waals surface area contributed by atoms with Crippen LogP contribution in [0.15, 0.2) is 36.5 Å². The summed E-state index contributed by atoms with van der Waals surface area (Å²) in [4.78, 5) is 29.5. The van der Waals surface area contributed by atoms with E-state index in [2.05, 4.69) is 10.3 Å². The lowest BCUT2D eigenvalue weighted by molar-refractivity contribution is -0.119. The number of nitrogens with one attached hydrogen (secondary N) is 1. The zero-order chi connectivity index (χ0) is 20.8. The number of ether oxygens (including phenoxy) is 2. The molecule has 2 aliphatic heterocycles. The minimum Gasteiger partial charge on any atom is -0.489 e. The summed E-state index contributed by atoms with van der Waals surface area (Å²) in [5, 5.41) is 12.7. The predicted molar refractivity (Wildman–Crippen MR) is 106 cm³/mol. The van der Waals surface area contributed by atoms with Crippen molar-refractivity contribution < 1.29 is 24.2 Å². The van der Waals surface area contributed by atoms with E-state index in [0.29, 0.717) is 17.1 Å². The second-order valence-corrected chi connectivity index (χ2v) is 7.78. The first-order valence-electron chi connectivity index (χ1n) is 9.44. The lowest BCUT2D eigenvalue weighted by Gasteiger charge is -2.31. The highest BCUT2D eigenvalue weighted by Crippen LogP contribution is 2.41. The third kappa shape index (κ3) is 3.63. The number of amides is 2. The third-order valence-corrected chi connectivity index (χ3v) is 5.11. The Morgan fingerprint density at radius 3 is 2.72 bits per heavy atom. The molecule has 1 aromatic heterocycles. The van der Waals surface area contributed by atoms with Crippen LogP contribution in [0.4, 0.5) is 10.5 Å². The van der Waals surface area contributed by atoms with Crippen LogP contribution in [0.1, 0.15) is 26.5 Å². The van der Waals surface area contributed by atoms with Crippen molar-refractivity contribution >= 4 is 17.7 Å². The minimum atomic E-state index is -1.00. The van der Waals surface area contributed by atoms with Crippen LogP contribution in [-0.2, 0) is 15.1 Å². The molecule has 2 amide bonds. The summed E-state index contributed by atoms with van der Waals surface area (Å²) >= 11 is 0. The molecule has 0 unspecified atom stereocenters. The number of carbonyl (C=O) groups excluding carboxylic acids is 2. The van der Waals surface area contributed by atoms with E-state index in [9.17, 15) is 14.7 Å². The summed E-state index contributed by atoms with van der Waals surface area (Å²) in [6.07, 6.45) is 0.797. The minimum absolute atomic E-state index is 0.175. The molecule has 152 valence electrons. The van der Waals surface area contributed by atoms with E-state index in [-0.39, 0.29) is 25.1 Å². The summed E-state index contributed by atoms with van der Waals surface area (Å²) in [5.41, 5.74) is 1.99. The lowest BCUT2D eigenvalue weighted by Crippen LogP contribution is -2.47. The van der Waals surface area contributed by atoms with Crippen LogP contribution in [0.5, 0.6) is 5.75 Å². The first kappa shape index (κ1) is 19.2. The Morgan fingerprint density at radius 2 is 2.07 bits per heavy atom. The summed E-state index contributed by atoms with van der Waals surface area (Å²) in [6, 6.07) is 8.96. The Morgan fingerprint density at radius 1 is 1.31 bits per heavy atom. The van der Waals surface area contributed by atoms with Crippen LogP contribution in [0.2, 0.25) is 0 Å². The van der Waals surface area contributed by atoms with Crippen molar-refractivity contribution in [2.24, 2.45) is 0 Å². The van der Waals surface area contributed by atoms with Gasteiger partial charge in [0.2, 0.25) is 5.91 Å². The maximum absolute atomic E-state index is 12.4. The van der Waals surface area contributed by atoms with Gasteiger partial charge in [0.25, 0.3) is 0 Å². The number of fused-ring (bicyclic) bond motifs is 3. The van der Waals surface area contributed by atoms with Crippen LogP contribution in [0, 0.1) is 0 Å². The number of rotatable bonds is 4. The molecule has 1 aromatic carbocycles. The van der Waals surface area contributed by atoms with Gasteiger partial charge in [-0.1, -0.05) is 12.1 Å². The lowest BCUT2D eigenvalue weighted by atomic mass is 10.0. The van der Waals surface area contributed by atoms with Gasteiger partial charge in [0.1, 0.15) is 30.1 Å². The van der Waals surface area contributed by atoms with Gasteiger partial charge in [-0.3, -0.25) is 14.7 Å². The number of benzene rings is 1. The molecule has 8 heteroatoms. The molecule has 0 radical (unpaired) electrons.